The highest BCUT2D eigenvalue weighted by Gasteiger charge is 2.29. The van der Waals surface area contributed by atoms with Gasteiger partial charge in [-0.3, -0.25) is 4.79 Å². The van der Waals surface area contributed by atoms with Crippen LogP contribution in [-0.4, -0.2) is 38.3 Å². The number of rotatable bonds is 6. The van der Waals surface area contributed by atoms with Crippen LogP contribution in [0.5, 0.6) is 17.2 Å². The van der Waals surface area contributed by atoms with Gasteiger partial charge in [0.25, 0.3) is 0 Å². The van der Waals surface area contributed by atoms with E-state index in [1.54, 1.807) is 0 Å². The molecule has 1 aromatic rings. The van der Waals surface area contributed by atoms with Crippen molar-refractivity contribution >= 4 is 11.9 Å². The van der Waals surface area contributed by atoms with Gasteiger partial charge in [0.2, 0.25) is 5.91 Å². The number of amides is 1. The Morgan fingerprint density at radius 3 is 1.90 bits per heavy atom. The van der Waals surface area contributed by atoms with Gasteiger partial charge < -0.3 is 24.6 Å². The number of aliphatic carboxylic acids is 1. The third-order valence-electron chi connectivity index (χ3n) is 2.64. The summed E-state index contributed by atoms with van der Waals surface area (Å²) in [4.78, 5) is 22.5. The molecule has 7 nitrogen and oxygen atoms in total. The van der Waals surface area contributed by atoms with E-state index in [1.807, 2.05) is 0 Å². The van der Waals surface area contributed by atoms with Gasteiger partial charge in [-0.2, -0.15) is 0 Å². The minimum atomic E-state index is -1.27. The van der Waals surface area contributed by atoms with Gasteiger partial charge in [0.1, 0.15) is 17.2 Å². The van der Waals surface area contributed by atoms with Crippen LogP contribution >= 0.6 is 0 Å². The smallest absolute Gasteiger partial charge is 0.331 e. The first-order chi connectivity index (χ1) is 9.44. The summed E-state index contributed by atoms with van der Waals surface area (Å²) in [5, 5.41) is 11.6. The maximum absolute atomic E-state index is 11.4. The van der Waals surface area contributed by atoms with E-state index in [0.29, 0.717) is 5.75 Å². The third-order valence-corrected chi connectivity index (χ3v) is 2.64. The molecule has 2 N–H and O–H groups in total. The summed E-state index contributed by atoms with van der Waals surface area (Å²) in [7, 11) is 4.26. The van der Waals surface area contributed by atoms with Crippen LogP contribution < -0.4 is 19.5 Å². The average Bonchev–Trinajstić information content (AvgIpc) is 2.42. The molecule has 1 rings (SSSR count). The summed E-state index contributed by atoms with van der Waals surface area (Å²) in [6.07, 6.45) is 0. The lowest BCUT2D eigenvalue weighted by Crippen LogP contribution is -2.32. The van der Waals surface area contributed by atoms with Gasteiger partial charge in [0.15, 0.2) is 6.04 Å². The zero-order valence-electron chi connectivity index (χ0n) is 11.7. The highest BCUT2D eigenvalue weighted by atomic mass is 16.5. The zero-order chi connectivity index (χ0) is 15.3. The zero-order valence-corrected chi connectivity index (χ0v) is 11.7. The maximum Gasteiger partial charge on any atom is 0.331 e. The molecule has 1 aromatic carbocycles. The number of carboxylic acid groups (broad SMARTS) is 1. The number of hydrogen-bond acceptors (Lipinski definition) is 5. The number of hydrogen-bond donors (Lipinski definition) is 2. The first kappa shape index (κ1) is 15.6. The van der Waals surface area contributed by atoms with Gasteiger partial charge >= 0.3 is 5.97 Å². The molecule has 0 spiro atoms. The van der Waals surface area contributed by atoms with Crippen LogP contribution in [-0.2, 0) is 9.59 Å². The van der Waals surface area contributed by atoms with Crippen LogP contribution in [0.3, 0.4) is 0 Å². The Hall–Kier alpha value is -2.44. The van der Waals surface area contributed by atoms with Gasteiger partial charge in [0, 0.05) is 19.1 Å². The standard InChI is InChI=1S/C13H17NO6/c1-7(15)14-12(13(16)17)11-9(19-3)5-8(18-2)6-10(11)20-4/h5-6,12H,1-4H3,(H,14,15)(H,16,17). The summed E-state index contributed by atoms with van der Waals surface area (Å²) in [6.45, 7) is 1.23. The van der Waals surface area contributed by atoms with E-state index in [2.05, 4.69) is 5.32 Å². The highest BCUT2D eigenvalue weighted by Crippen LogP contribution is 2.38. The predicted molar refractivity (Wildman–Crippen MR) is 70.3 cm³/mol. The van der Waals surface area contributed by atoms with Crippen molar-refractivity contribution in [2.24, 2.45) is 0 Å². The Balaban J connectivity index is 3.45. The molecule has 1 atom stereocenters. The second-order valence-electron chi connectivity index (χ2n) is 3.92. The molecule has 1 unspecified atom stereocenters. The van der Waals surface area contributed by atoms with Crippen LogP contribution in [0.1, 0.15) is 18.5 Å². The van der Waals surface area contributed by atoms with Crippen molar-refractivity contribution in [2.45, 2.75) is 13.0 Å². The van der Waals surface area contributed by atoms with Gasteiger partial charge in [-0.25, -0.2) is 4.79 Å². The fourth-order valence-electron chi connectivity index (χ4n) is 1.78. The van der Waals surface area contributed by atoms with Crippen molar-refractivity contribution in [2.75, 3.05) is 21.3 Å². The lowest BCUT2D eigenvalue weighted by atomic mass is 10.0. The maximum atomic E-state index is 11.4. The highest BCUT2D eigenvalue weighted by molar-refractivity contribution is 5.85. The number of carbonyl (C=O) groups is 2. The number of carbonyl (C=O) groups excluding carboxylic acids is 1. The van der Waals surface area contributed by atoms with Crippen molar-refractivity contribution < 1.29 is 28.9 Å². The van der Waals surface area contributed by atoms with Crippen molar-refractivity contribution in [1.29, 1.82) is 0 Å². The first-order valence-electron chi connectivity index (χ1n) is 5.74. The minimum absolute atomic E-state index is 0.221. The Bertz CT molecular complexity index is 489. The second-order valence-corrected chi connectivity index (χ2v) is 3.92. The van der Waals surface area contributed by atoms with Crippen LogP contribution in [0, 0.1) is 0 Å². The largest absolute Gasteiger partial charge is 0.496 e. The average molecular weight is 283 g/mol. The minimum Gasteiger partial charge on any atom is -0.496 e. The fraction of sp³-hybridized carbons (Fsp3) is 0.385. The molecule has 0 saturated carbocycles. The predicted octanol–water partition coefficient (Wildman–Crippen LogP) is 0.974. The molecule has 0 bridgehead atoms. The van der Waals surface area contributed by atoms with E-state index < -0.39 is 17.9 Å². The number of carboxylic acids is 1. The summed E-state index contributed by atoms with van der Waals surface area (Å²) in [6, 6.07) is 1.77. The quantitative estimate of drug-likeness (QED) is 0.808. The Morgan fingerprint density at radius 1 is 1.10 bits per heavy atom. The Labute approximate surface area is 116 Å². The molecule has 1 amide bonds. The summed E-state index contributed by atoms with van der Waals surface area (Å²) >= 11 is 0. The van der Waals surface area contributed by atoms with Crippen LogP contribution in [0.15, 0.2) is 12.1 Å². The monoisotopic (exact) mass is 283 g/mol. The molecular weight excluding hydrogens is 266 g/mol. The SMILES string of the molecule is COc1cc(OC)c(C(NC(C)=O)C(=O)O)c(OC)c1. The molecule has 0 saturated heterocycles. The van der Waals surface area contributed by atoms with E-state index in [9.17, 15) is 14.7 Å². The summed E-state index contributed by atoms with van der Waals surface area (Å²) < 4.78 is 15.4. The van der Waals surface area contributed by atoms with Gasteiger partial charge in [0.05, 0.1) is 26.9 Å². The van der Waals surface area contributed by atoms with Gasteiger partial charge in [-0.1, -0.05) is 0 Å². The Kier molecular flexibility index (Phi) is 5.19. The third kappa shape index (κ3) is 3.31. The summed E-state index contributed by atoms with van der Waals surface area (Å²) in [5.41, 5.74) is 0.221. The number of benzene rings is 1. The van der Waals surface area contributed by atoms with Crippen LogP contribution in [0.25, 0.3) is 0 Å². The number of ether oxygens (including phenoxy) is 3. The number of nitrogens with one attached hydrogen (secondary N) is 1. The Morgan fingerprint density at radius 2 is 1.60 bits per heavy atom. The van der Waals surface area contributed by atoms with Crippen molar-refractivity contribution in [1.82, 2.24) is 5.32 Å². The molecular formula is C13H17NO6. The summed E-state index contributed by atoms with van der Waals surface area (Å²) in [5.74, 6) is -0.738. The van der Waals surface area contributed by atoms with Gasteiger partial charge in [-0.05, 0) is 0 Å². The fourth-order valence-corrected chi connectivity index (χ4v) is 1.78. The van der Waals surface area contributed by atoms with Crippen LogP contribution in [0.4, 0.5) is 0 Å². The second kappa shape index (κ2) is 6.65. The van der Waals surface area contributed by atoms with E-state index in [0.717, 1.165) is 0 Å². The van der Waals surface area contributed by atoms with Crippen LogP contribution in [0.2, 0.25) is 0 Å². The molecule has 0 aliphatic rings. The molecule has 0 aliphatic heterocycles. The molecule has 0 aliphatic carbocycles. The molecule has 0 radical (unpaired) electrons. The van der Waals surface area contributed by atoms with Crippen molar-refractivity contribution in [3.8, 4) is 17.2 Å². The topological polar surface area (TPSA) is 94.1 Å². The first-order valence-corrected chi connectivity index (χ1v) is 5.74. The molecule has 0 heterocycles. The van der Waals surface area contributed by atoms with Crippen molar-refractivity contribution in [3.63, 3.8) is 0 Å². The lowest BCUT2D eigenvalue weighted by molar-refractivity contribution is -0.141. The van der Waals surface area contributed by atoms with E-state index >= 15 is 0 Å². The van der Waals surface area contributed by atoms with Crippen molar-refractivity contribution in [3.05, 3.63) is 17.7 Å². The molecule has 20 heavy (non-hydrogen) atoms. The van der Waals surface area contributed by atoms with E-state index in [4.69, 9.17) is 14.2 Å². The molecule has 7 heteroatoms. The molecule has 110 valence electrons. The molecule has 0 aromatic heterocycles. The van der Waals surface area contributed by atoms with E-state index in [-0.39, 0.29) is 17.1 Å². The normalized spacial score (nSPS) is 11.4. The van der Waals surface area contributed by atoms with E-state index in [1.165, 1.54) is 40.4 Å². The number of methoxy groups -OCH3 is 3. The lowest BCUT2D eigenvalue weighted by Gasteiger charge is -2.20. The molecule has 0 fully saturated rings. The van der Waals surface area contributed by atoms with Gasteiger partial charge in [-0.15, -0.1) is 0 Å².